The number of anilines is 1. The lowest BCUT2D eigenvalue weighted by atomic mass is 9.82. The van der Waals surface area contributed by atoms with Crippen LogP contribution in [0.4, 0.5) is 5.69 Å². The van der Waals surface area contributed by atoms with E-state index < -0.39 is 17.4 Å². The summed E-state index contributed by atoms with van der Waals surface area (Å²) in [5.41, 5.74) is -0.156. The molecule has 0 unspecified atom stereocenters. The van der Waals surface area contributed by atoms with Gasteiger partial charge in [-0.25, -0.2) is 0 Å². The Labute approximate surface area is 141 Å². The van der Waals surface area contributed by atoms with E-state index in [1.807, 2.05) is 13.8 Å². The van der Waals surface area contributed by atoms with E-state index in [9.17, 15) is 9.59 Å². The lowest BCUT2D eigenvalue weighted by molar-refractivity contribution is -0.137. The number of rotatable bonds is 3. The van der Waals surface area contributed by atoms with Crippen molar-refractivity contribution in [2.24, 2.45) is 5.41 Å². The van der Waals surface area contributed by atoms with Crippen LogP contribution in [0.2, 0.25) is 10.0 Å². The monoisotopic (exact) mass is 344 g/mol. The van der Waals surface area contributed by atoms with Crippen molar-refractivity contribution in [3.05, 3.63) is 28.2 Å². The summed E-state index contributed by atoms with van der Waals surface area (Å²) >= 11 is 11.9. The minimum atomic E-state index is -0.772. The molecule has 2 N–H and O–H groups in total. The third kappa shape index (κ3) is 5.85. The topological polar surface area (TPSA) is 58.2 Å². The molecule has 122 valence electrons. The molecular formula is C16H22Cl2N2O2. The van der Waals surface area contributed by atoms with Crippen LogP contribution in [-0.4, -0.2) is 17.4 Å². The number of carbonyl (C=O) groups is 2. The molecule has 1 rings (SSSR count). The summed E-state index contributed by atoms with van der Waals surface area (Å²) in [5, 5.41) is 5.73. The summed E-state index contributed by atoms with van der Waals surface area (Å²) < 4.78 is 0. The van der Waals surface area contributed by atoms with Crippen LogP contribution in [0.15, 0.2) is 18.2 Å². The molecule has 2 amide bonds. The van der Waals surface area contributed by atoms with Gasteiger partial charge in [0.25, 0.3) is 0 Å². The van der Waals surface area contributed by atoms with Crippen molar-refractivity contribution in [3.63, 3.8) is 0 Å². The van der Waals surface area contributed by atoms with Gasteiger partial charge in [-0.05, 0) is 37.8 Å². The SMILES string of the molecule is CC(C)(C)CC(C)(C)NC(=O)C(=O)Nc1cccc(Cl)c1Cl. The smallest absolute Gasteiger partial charge is 0.313 e. The molecule has 0 saturated heterocycles. The van der Waals surface area contributed by atoms with Crippen LogP contribution in [0.1, 0.15) is 41.0 Å². The van der Waals surface area contributed by atoms with E-state index in [-0.39, 0.29) is 10.4 Å². The van der Waals surface area contributed by atoms with Gasteiger partial charge in [-0.3, -0.25) is 9.59 Å². The normalized spacial score (nSPS) is 12.0. The van der Waals surface area contributed by atoms with E-state index in [0.717, 1.165) is 6.42 Å². The van der Waals surface area contributed by atoms with Crippen molar-refractivity contribution in [1.29, 1.82) is 0 Å². The highest BCUT2D eigenvalue weighted by Gasteiger charge is 2.29. The van der Waals surface area contributed by atoms with Crippen LogP contribution in [0, 0.1) is 5.41 Å². The van der Waals surface area contributed by atoms with E-state index in [4.69, 9.17) is 23.2 Å². The molecule has 1 aromatic rings. The Morgan fingerprint density at radius 3 is 2.18 bits per heavy atom. The van der Waals surface area contributed by atoms with Gasteiger partial charge < -0.3 is 10.6 Å². The second kappa shape index (κ2) is 6.88. The second-order valence-electron chi connectivity index (χ2n) is 7.13. The number of hydrogen-bond acceptors (Lipinski definition) is 2. The van der Waals surface area contributed by atoms with Crippen molar-refractivity contribution in [2.75, 3.05) is 5.32 Å². The summed E-state index contributed by atoms with van der Waals surface area (Å²) in [7, 11) is 0. The van der Waals surface area contributed by atoms with Crippen LogP contribution in [0.25, 0.3) is 0 Å². The first kappa shape index (κ1) is 18.8. The molecule has 22 heavy (non-hydrogen) atoms. The zero-order chi connectivity index (χ0) is 17.1. The predicted octanol–water partition coefficient (Wildman–Crippen LogP) is 4.26. The molecule has 0 spiro atoms. The maximum atomic E-state index is 12.0. The Morgan fingerprint density at radius 2 is 1.64 bits per heavy atom. The molecule has 4 nitrogen and oxygen atoms in total. The molecule has 6 heteroatoms. The molecule has 0 heterocycles. The lowest BCUT2D eigenvalue weighted by Gasteiger charge is -2.33. The fourth-order valence-electron chi connectivity index (χ4n) is 2.51. The molecule has 0 aliphatic carbocycles. The minimum Gasteiger partial charge on any atom is -0.343 e. The van der Waals surface area contributed by atoms with Crippen molar-refractivity contribution < 1.29 is 9.59 Å². The lowest BCUT2D eigenvalue weighted by Crippen LogP contribution is -2.49. The molecule has 0 radical (unpaired) electrons. The van der Waals surface area contributed by atoms with E-state index in [2.05, 4.69) is 31.4 Å². The van der Waals surface area contributed by atoms with Crippen molar-refractivity contribution in [2.45, 2.75) is 46.6 Å². The van der Waals surface area contributed by atoms with Gasteiger partial charge in [-0.1, -0.05) is 50.0 Å². The van der Waals surface area contributed by atoms with Crippen molar-refractivity contribution in [1.82, 2.24) is 5.32 Å². The molecule has 0 bridgehead atoms. The molecule has 0 aromatic heterocycles. The quantitative estimate of drug-likeness (QED) is 0.804. The first-order valence-electron chi connectivity index (χ1n) is 6.99. The third-order valence-corrected chi connectivity index (χ3v) is 3.65. The highest BCUT2D eigenvalue weighted by atomic mass is 35.5. The van der Waals surface area contributed by atoms with Crippen molar-refractivity contribution in [3.8, 4) is 0 Å². The van der Waals surface area contributed by atoms with E-state index in [0.29, 0.717) is 10.7 Å². The summed E-state index contributed by atoms with van der Waals surface area (Å²) in [6.07, 6.45) is 0.733. The largest absolute Gasteiger partial charge is 0.343 e. The number of amides is 2. The van der Waals surface area contributed by atoms with Gasteiger partial charge in [0, 0.05) is 5.54 Å². The van der Waals surface area contributed by atoms with Crippen LogP contribution < -0.4 is 10.6 Å². The number of halogens is 2. The molecular weight excluding hydrogens is 323 g/mol. The zero-order valence-electron chi connectivity index (χ0n) is 13.5. The van der Waals surface area contributed by atoms with E-state index in [1.165, 1.54) is 0 Å². The second-order valence-corrected chi connectivity index (χ2v) is 7.92. The Hall–Kier alpha value is -1.26. The highest BCUT2D eigenvalue weighted by Crippen LogP contribution is 2.29. The van der Waals surface area contributed by atoms with E-state index >= 15 is 0 Å². The van der Waals surface area contributed by atoms with Crippen LogP contribution in [0.3, 0.4) is 0 Å². The van der Waals surface area contributed by atoms with Gasteiger partial charge in [0.15, 0.2) is 0 Å². The first-order chi connectivity index (χ1) is 9.91. The van der Waals surface area contributed by atoms with Crippen molar-refractivity contribution >= 4 is 40.7 Å². The van der Waals surface area contributed by atoms with Gasteiger partial charge in [0.1, 0.15) is 0 Å². The fourth-order valence-corrected chi connectivity index (χ4v) is 2.86. The molecule has 0 aliphatic heterocycles. The summed E-state index contributed by atoms with van der Waals surface area (Å²) in [6.45, 7) is 10.00. The Morgan fingerprint density at radius 1 is 1.05 bits per heavy atom. The maximum absolute atomic E-state index is 12.0. The summed E-state index contributed by atoms with van der Waals surface area (Å²) in [5.74, 6) is -1.48. The van der Waals surface area contributed by atoms with Gasteiger partial charge in [0.2, 0.25) is 0 Å². The fraction of sp³-hybridized carbons (Fsp3) is 0.500. The number of benzene rings is 1. The van der Waals surface area contributed by atoms with Gasteiger partial charge in [-0.2, -0.15) is 0 Å². The molecule has 0 aliphatic rings. The molecule has 1 aromatic carbocycles. The molecule has 0 saturated carbocycles. The van der Waals surface area contributed by atoms with Crippen LogP contribution in [0.5, 0.6) is 0 Å². The van der Waals surface area contributed by atoms with Crippen LogP contribution >= 0.6 is 23.2 Å². The highest BCUT2D eigenvalue weighted by molar-refractivity contribution is 6.45. The third-order valence-electron chi connectivity index (χ3n) is 2.83. The predicted molar refractivity (Wildman–Crippen MR) is 91.4 cm³/mol. The number of nitrogens with one attached hydrogen (secondary N) is 2. The van der Waals surface area contributed by atoms with Gasteiger partial charge in [-0.15, -0.1) is 0 Å². The standard InChI is InChI=1S/C16H22Cl2N2O2/c1-15(2,3)9-16(4,5)20-14(22)13(21)19-11-8-6-7-10(17)12(11)18/h6-8H,9H2,1-5H3,(H,19,21)(H,20,22). The maximum Gasteiger partial charge on any atom is 0.313 e. The average Bonchev–Trinajstić information content (AvgIpc) is 2.31. The Bertz CT molecular complexity index is 578. The van der Waals surface area contributed by atoms with Crippen LogP contribution in [-0.2, 0) is 9.59 Å². The average molecular weight is 345 g/mol. The first-order valence-corrected chi connectivity index (χ1v) is 7.74. The summed E-state index contributed by atoms with van der Waals surface area (Å²) in [6, 6.07) is 4.83. The zero-order valence-corrected chi connectivity index (χ0v) is 15.0. The summed E-state index contributed by atoms with van der Waals surface area (Å²) in [4.78, 5) is 24.0. The molecule has 0 fully saturated rings. The van der Waals surface area contributed by atoms with E-state index in [1.54, 1.807) is 18.2 Å². The van der Waals surface area contributed by atoms with Gasteiger partial charge >= 0.3 is 11.8 Å². The minimum absolute atomic E-state index is 0.0313. The number of carbonyl (C=O) groups excluding carboxylic acids is 2. The molecule has 0 atom stereocenters. The Kier molecular flexibility index (Phi) is 5.88. The number of hydrogen-bond donors (Lipinski definition) is 2. The van der Waals surface area contributed by atoms with Gasteiger partial charge in [0.05, 0.1) is 15.7 Å². The Balaban J connectivity index is 2.74.